The van der Waals surface area contributed by atoms with Crippen LogP contribution in [0.25, 0.3) is 0 Å². The maximum atomic E-state index is 13.9. The molecule has 0 spiro atoms. The molecule has 0 saturated carbocycles. The van der Waals surface area contributed by atoms with Crippen molar-refractivity contribution in [3.63, 3.8) is 0 Å². The van der Waals surface area contributed by atoms with Crippen molar-refractivity contribution in [2.45, 2.75) is 122 Å². The van der Waals surface area contributed by atoms with E-state index < -0.39 is 83.3 Å². The molecule has 0 radical (unpaired) electrons. The molecule has 252 valence electrons. The lowest BCUT2D eigenvalue weighted by Gasteiger charge is -2.47. The lowest BCUT2D eigenvalue weighted by Crippen LogP contribution is -2.60. The Labute approximate surface area is 261 Å². The largest absolute Gasteiger partial charge is 0.455 e. The fourth-order valence-electron chi connectivity index (χ4n) is 6.49. The van der Waals surface area contributed by atoms with Gasteiger partial charge in [-0.2, -0.15) is 0 Å². The highest BCUT2D eigenvalue weighted by molar-refractivity contribution is 6.00. The van der Waals surface area contributed by atoms with Crippen LogP contribution in [0.4, 0.5) is 0 Å². The van der Waals surface area contributed by atoms with Crippen molar-refractivity contribution in [3.05, 3.63) is 12.7 Å². The average molecular weight is 628 g/mol. The Morgan fingerprint density at radius 1 is 1.07 bits per heavy atom. The van der Waals surface area contributed by atoms with Gasteiger partial charge in [0.1, 0.15) is 17.3 Å². The summed E-state index contributed by atoms with van der Waals surface area (Å²) in [7, 11) is 5.14. The van der Waals surface area contributed by atoms with Gasteiger partial charge >= 0.3 is 11.9 Å². The fourth-order valence-corrected chi connectivity index (χ4v) is 6.49. The molecule has 13 atom stereocenters. The van der Waals surface area contributed by atoms with Gasteiger partial charge in [0.15, 0.2) is 24.3 Å². The number of ether oxygens (including phenoxy) is 5. The van der Waals surface area contributed by atoms with E-state index in [-0.39, 0.29) is 24.3 Å². The highest BCUT2D eigenvalue weighted by Crippen LogP contribution is 2.38. The fraction of sp³-hybridized carbons (Fsp3) is 0.812. The molecule has 2 rings (SSSR count). The smallest absolute Gasteiger partial charge is 0.316 e. The van der Waals surface area contributed by atoms with E-state index in [0.29, 0.717) is 6.42 Å². The number of aliphatic hydroxyl groups is 2. The van der Waals surface area contributed by atoms with Gasteiger partial charge in [0.05, 0.1) is 30.0 Å². The maximum absolute atomic E-state index is 13.9. The molecule has 2 saturated heterocycles. The van der Waals surface area contributed by atoms with Crippen LogP contribution in [-0.4, -0.2) is 114 Å². The second-order valence-electron chi connectivity index (χ2n) is 13.2. The van der Waals surface area contributed by atoms with Gasteiger partial charge in [0.2, 0.25) is 0 Å². The molecule has 12 heteroatoms. The molecule has 0 bridgehead atoms. The molecule has 0 amide bonds. The Morgan fingerprint density at radius 2 is 1.66 bits per heavy atom. The highest BCUT2D eigenvalue weighted by atomic mass is 16.7. The summed E-state index contributed by atoms with van der Waals surface area (Å²) in [6, 6.07) is -0.272. The van der Waals surface area contributed by atoms with Crippen molar-refractivity contribution >= 4 is 23.5 Å². The van der Waals surface area contributed by atoms with Crippen molar-refractivity contribution in [3.8, 4) is 0 Å². The molecule has 0 aromatic carbocycles. The van der Waals surface area contributed by atoms with E-state index in [1.807, 2.05) is 25.9 Å². The van der Waals surface area contributed by atoms with Gasteiger partial charge in [0, 0.05) is 31.8 Å². The van der Waals surface area contributed by atoms with E-state index in [1.54, 1.807) is 20.8 Å². The molecule has 0 unspecified atom stereocenters. The number of esters is 2. The zero-order chi connectivity index (χ0) is 33.9. The standard InChI is InChI=1S/C32H53NO11/c1-13-23-32(9,39)27(37)18(4)24(35)16(2)15-31(8,40-12)28(19(5)25(36)20(6)29(38)43-23)44-30-26(42-21(7)34)22(33(10)11)14-17(3)41-30/h13,16-20,22-23,26-28,30,37,39H,1,14-15H2,2-12H3/t16-,17-,18+,19+,20-,22+,23-,26-,27-,28-,30+,31-,32-/m1/s1. The first-order chi connectivity index (χ1) is 20.2. The summed E-state index contributed by atoms with van der Waals surface area (Å²) in [5.41, 5.74) is -3.39. The van der Waals surface area contributed by atoms with E-state index in [1.165, 1.54) is 34.8 Å². The van der Waals surface area contributed by atoms with Gasteiger partial charge in [-0.3, -0.25) is 19.2 Å². The lowest BCUT2D eigenvalue weighted by atomic mass is 9.74. The Hall–Kier alpha value is -2.22. The highest BCUT2D eigenvalue weighted by Gasteiger charge is 2.52. The SMILES string of the molecule is C=C[C@H]1OC(=O)[C@H](C)C(=O)[C@H](C)[C@@H](O[C@@H]2O[C@H](C)C[C@H](N(C)C)[C@H]2OC(C)=O)[C@](C)(OC)C[C@@H](C)C(=O)[C@H](C)[C@@H](O)[C@]1(C)O. The van der Waals surface area contributed by atoms with Crippen LogP contribution < -0.4 is 0 Å². The zero-order valence-electron chi connectivity index (χ0n) is 28.1. The number of carbonyl (C=O) groups is 4. The van der Waals surface area contributed by atoms with Crippen molar-refractivity contribution in [2.75, 3.05) is 21.2 Å². The molecule has 44 heavy (non-hydrogen) atoms. The summed E-state index contributed by atoms with van der Waals surface area (Å²) in [5, 5.41) is 22.3. The minimum absolute atomic E-state index is 0.0468. The molecule has 2 N–H and O–H groups in total. The van der Waals surface area contributed by atoms with Crippen molar-refractivity contribution in [1.29, 1.82) is 0 Å². The summed E-state index contributed by atoms with van der Waals surface area (Å²) in [5.74, 6) is -6.53. The van der Waals surface area contributed by atoms with Crippen LogP contribution in [0.15, 0.2) is 12.7 Å². The molecule has 2 aliphatic rings. The minimum Gasteiger partial charge on any atom is -0.455 e. The first kappa shape index (κ1) is 38.0. The Bertz CT molecular complexity index is 1060. The molecule has 0 aliphatic carbocycles. The van der Waals surface area contributed by atoms with Crippen molar-refractivity contribution < 1.29 is 53.1 Å². The minimum atomic E-state index is -2.08. The number of aliphatic hydroxyl groups excluding tert-OH is 1. The number of nitrogens with zero attached hydrogens (tertiary/aromatic N) is 1. The number of rotatable bonds is 6. The number of methoxy groups -OCH3 is 1. The summed E-state index contributed by atoms with van der Waals surface area (Å²) in [6.07, 6.45) is -4.66. The Morgan fingerprint density at radius 3 is 2.16 bits per heavy atom. The number of ketones is 2. The number of hydrogen-bond donors (Lipinski definition) is 2. The third-order valence-corrected chi connectivity index (χ3v) is 9.34. The van der Waals surface area contributed by atoms with Gasteiger partial charge < -0.3 is 38.8 Å². The molecule has 12 nitrogen and oxygen atoms in total. The van der Waals surface area contributed by atoms with Crippen LogP contribution in [0.5, 0.6) is 0 Å². The van der Waals surface area contributed by atoms with Gasteiger partial charge in [-0.15, -0.1) is 0 Å². The molecule has 0 aromatic rings. The zero-order valence-corrected chi connectivity index (χ0v) is 28.1. The van der Waals surface area contributed by atoms with Crippen LogP contribution in [0, 0.1) is 23.7 Å². The Kier molecular flexibility index (Phi) is 12.9. The quantitative estimate of drug-likeness (QED) is 0.251. The van der Waals surface area contributed by atoms with E-state index in [0.717, 1.165) is 6.08 Å². The van der Waals surface area contributed by atoms with Gasteiger partial charge in [-0.1, -0.05) is 27.4 Å². The Balaban J connectivity index is 2.68. The average Bonchev–Trinajstić information content (AvgIpc) is 2.95. The van der Waals surface area contributed by atoms with Gasteiger partial charge in [-0.05, 0) is 60.7 Å². The van der Waals surface area contributed by atoms with Crippen molar-refractivity contribution in [2.24, 2.45) is 23.7 Å². The number of cyclic esters (lactones) is 1. The molecule has 2 fully saturated rings. The number of Topliss-reactive ketones (excluding diaryl/α,β-unsaturated/α-hetero) is 2. The summed E-state index contributed by atoms with van der Waals surface area (Å²) in [6.45, 7) is 15.9. The van der Waals surface area contributed by atoms with Crippen LogP contribution in [-0.2, 0) is 42.9 Å². The van der Waals surface area contributed by atoms with E-state index in [4.69, 9.17) is 23.7 Å². The van der Waals surface area contributed by atoms with Gasteiger partial charge in [-0.25, -0.2) is 0 Å². The van der Waals surface area contributed by atoms with E-state index in [9.17, 15) is 29.4 Å². The van der Waals surface area contributed by atoms with E-state index >= 15 is 0 Å². The monoisotopic (exact) mass is 627 g/mol. The third-order valence-electron chi connectivity index (χ3n) is 9.34. The molecule has 2 heterocycles. The van der Waals surface area contributed by atoms with E-state index in [2.05, 4.69) is 6.58 Å². The molecular weight excluding hydrogens is 574 g/mol. The number of likely N-dealkylation sites (N-methyl/N-ethyl adjacent to an activating group) is 1. The molecule has 2 aliphatic heterocycles. The summed E-state index contributed by atoms with van der Waals surface area (Å²) >= 11 is 0. The molecular formula is C32H53NO11. The van der Waals surface area contributed by atoms with Crippen LogP contribution >= 0.6 is 0 Å². The van der Waals surface area contributed by atoms with Crippen LogP contribution in [0.1, 0.15) is 68.2 Å². The predicted molar refractivity (Wildman–Crippen MR) is 160 cm³/mol. The second-order valence-corrected chi connectivity index (χ2v) is 13.2. The topological polar surface area (TPSA) is 158 Å². The third kappa shape index (κ3) is 8.13. The lowest BCUT2D eigenvalue weighted by molar-refractivity contribution is -0.298. The predicted octanol–water partition coefficient (Wildman–Crippen LogP) is 2.07. The second kappa shape index (κ2) is 14.9. The normalized spacial score (nSPS) is 43.2. The number of hydrogen-bond acceptors (Lipinski definition) is 12. The van der Waals surface area contributed by atoms with Crippen LogP contribution in [0.3, 0.4) is 0 Å². The molecule has 0 aromatic heterocycles. The first-order valence-electron chi connectivity index (χ1n) is 15.2. The van der Waals surface area contributed by atoms with Gasteiger partial charge in [0.25, 0.3) is 0 Å². The summed E-state index contributed by atoms with van der Waals surface area (Å²) < 4.78 is 30.0. The maximum Gasteiger partial charge on any atom is 0.316 e. The first-order valence-corrected chi connectivity index (χ1v) is 15.2. The number of carbonyl (C=O) groups excluding carboxylic acids is 4. The van der Waals surface area contributed by atoms with Crippen molar-refractivity contribution in [1.82, 2.24) is 4.90 Å². The summed E-state index contributed by atoms with van der Waals surface area (Å²) in [4.78, 5) is 54.9. The van der Waals surface area contributed by atoms with Crippen LogP contribution in [0.2, 0.25) is 0 Å².